The van der Waals surface area contributed by atoms with Crippen molar-refractivity contribution in [2.24, 2.45) is 5.73 Å². The Balaban J connectivity index is 3.22. The second kappa shape index (κ2) is 3.55. The zero-order chi connectivity index (χ0) is 11.7. The highest BCUT2D eigenvalue weighted by molar-refractivity contribution is 5.34. The molecule has 1 aromatic rings. The first-order chi connectivity index (χ1) is 6.77. The van der Waals surface area contributed by atoms with Crippen molar-refractivity contribution < 1.29 is 13.2 Å². The summed E-state index contributed by atoms with van der Waals surface area (Å²) in [7, 11) is 0. The highest BCUT2D eigenvalue weighted by Crippen LogP contribution is 2.31. The molecule has 0 spiro atoms. The monoisotopic (exact) mass is 214 g/mol. The molecule has 2 N–H and O–H groups in total. The molecule has 0 radical (unpaired) electrons. The third-order valence-corrected chi connectivity index (χ3v) is 2.02. The summed E-state index contributed by atoms with van der Waals surface area (Å²) >= 11 is 0. The lowest BCUT2D eigenvalue weighted by Gasteiger charge is -2.17. The molecular formula is C10H9F3N2. The van der Waals surface area contributed by atoms with Gasteiger partial charge in [-0.2, -0.15) is 18.4 Å². The minimum atomic E-state index is -4.42. The van der Waals surface area contributed by atoms with Crippen LogP contribution in [-0.4, -0.2) is 0 Å². The van der Waals surface area contributed by atoms with E-state index in [9.17, 15) is 13.2 Å². The van der Waals surface area contributed by atoms with Gasteiger partial charge < -0.3 is 5.73 Å². The van der Waals surface area contributed by atoms with Crippen LogP contribution >= 0.6 is 0 Å². The summed E-state index contributed by atoms with van der Waals surface area (Å²) in [4.78, 5) is 0. The molecule has 0 heterocycles. The van der Waals surface area contributed by atoms with Gasteiger partial charge in [0.25, 0.3) is 0 Å². The lowest BCUT2D eigenvalue weighted by molar-refractivity contribution is -0.137. The number of alkyl halides is 3. The Morgan fingerprint density at radius 1 is 1.27 bits per heavy atom. The molecule has 0 fully saturated rings. The van der Waals surface area contributed by atoms with Crippen molar-refractivity contribution in [2.75, 3.05) is 0 Å². The second-order valence-electron chi connectivity index (χ2n) is 3.39. The molecule has 0 aliphatic rings. The van der Waals surface area contributed by atoms with E-state index in [0.717, 1.165) is 12.1 Å². The van der Waals surface area contributed by atoms with E-state index in [1.54, 1.807) is 6.07 Å². The summed E-state index contributed by atoms with van der Waals surface area (Å²) in [5, 5.41) is 8.68. The summed E-state index contributed by atoms with van der Waals surface area (Å²) in [6.45, 7) is 1.36. The molecule has 80 valence electrons. The number of hydrogen-bond acceptors (Lipinski definition) is 2. The van der Waals surface area contributed by atoms with Gasteiger partial charge in [0.2, 0.25) is 0 Å². The lowest BCUT2D eigenvalue weighted by atomic mass is 9.93. The zero-order valence-corrected chi connectivity index (χ0v) is 7.97. The summed E-state index contributed by atoms with van der Waals surface area (Å²) < 4.78 is 37.0. The topological polar surface area (TPSA) is 49.8 Å². The highest BCUT2D eigenvalue weighted by Gasteiger charge is 2.32. The van der Waals surface area contributed by atoms with Gasteiger partial charge in [-0.15, -0.1) is 0 Å². The van der Waals surface area contributed by atoms with E-state index in [0.29, 0.717) is 0 Å². The van der Waals surface area contributed by atoms with Crippen molar-refractivity contribution in [1.82, 2.24) is 0 Å². The Morgan fingerprint density at radius 3 is 2.27 bits per heavy atom. The molecule has 1 atom stereocenters. The van der Waals surface area contributed by atoms with Crippen LogP contribution in [0, 0.1) is 11.3 Å². The van der Waals surface area contributed by atoms with E-state index in [2.05, 4.69) is 0 Å². The first-order valence-corrected chi connectivity index (χ1v) is 4.15. The summed E-state index contributed by atoms with van der Waals surface area (Å²) in [5.41, 5.74) is 3.47. The van der Waals surface area contributed by atoms with Gasteiger partial charge in [0.1, 0.15) is 5.54 Å². The minimum absolute atomic E-state index is 0.153. The van der Waals surface area contributed by atoms with Gasteiger partial charge in [-0.1, -0.05) is 12.1 Å². The Morgan fingerprint density at radius 2 is 1.80 bits per heavy atom. The molecule has 5 heteroatoms. The number of nitrogens with zero attached hydrogens (tertiary/aromatic N) is 1. The van der Waals surface area contributed by atoms with Crippen LogP contribution in [0.15, 0.2) is 24.3 Å². The highest BCUT2D eigenvalue weighted by atomic mass is 19.4. The Kier molecular flexibility index (Phi) is 2.73. The molecule has 0 bridgehead atoms. The fourth-order valence-electron chi connectivity index (χ4n) is 1.08. The largest absolute Gasteiger partial charge is 0.416 e. The predicted octanol–water partition coefficient (Wildman–Crippen LogP) is 2.40. The number of rotatable bonds is 1. The number of nitriles is 1. The molecule has 2 nitrogen and oxygen atoms in total. The molecule has 0 unspecified atom stereocenters. The van der Waals surface area contributed by atoms with Gasteiger partial charge in [0, 0.05) is 0 Å². The van der Waals surface area contributed by atoms with Gasteiger partial charge in [0.05, 0.1) is 11.6 Å². The van der Waals surface area contributed by atoms with E-state index in [1.165, 1.54) is 19.1 Å². The standard InChI is InChI=1S/C10H9F3N2/c1-9(15,6-14)7-3-2-4-8(5-7)10(11,12)13/h2-5H,15H2,1H3/t9-/m0/s1. The molecule has 1 rings (SSSR count). The van der Waals surface area contributed by atoms with Crippen molar-refractivity contribution in [1.29, 1.82) is 5.26 Å². The van der Waals surface area contributed by atoms with Crippen LogP contribution in [0.3, 0.4) is 0 Å². The van der Waals surface area contributed by atoms with E-state index in [1.807, 2.05) is 0 Å². The molecule has 1 aromatic carbocycles. The third-order valence-electron chi connectivity index (χ3n) is 2.02. The van der Waals surface area contributed by atoms with Crippen LogP contribution in [0.5, 0.6) is 0 Å². The van der Waals surface area contributed by atoms with Crippen molar-refractivity contribution in [3.63, 3.8) is 0 Å². The van der Waals surface area contributed by atoms with Gasteiger partial charge in [0.15, 0.2) is 0 Å². The maximum absolute atomic E-state index is 12.3. The fourth-order valence-corrected chi connectivity index (χ4v) is 1.08. The molecule has 0 aromatic heterocycles. The summed E-state index contributed by atoms with van der Waals surface area (Å²) in [5.74, 6) is 0. The van der Waals surface area contributed by atoms with Gasteiger partial charge in [-0.3, -0.25) is 0 Å². The molecule has 0 aliphatic carbocycles. The third kappa shape index (κ3) is 2.48. The average molecular weight is 214 g/mol. The molecule has 0 aliphatic heterocycles. The molecule has 0 amide bonds. The Hall–Kier alpha value is -1.54. The van der Waals surface area contributed by atoms with Crippen LogP contribution in [0.2, 0.25) is 0 Å². The SMILES string of the molecule is C[C@](N)(C#N)c1cccc(C(F)(F)F)c1. The average Bonchev–Trinajstić information content (AvgIpc) is 2.17. The fraction of sp³-hybridized carbons (Fsp3) is 0.300. The summed E-state index contributed by atoms with van der Waals surface area (Å²) in [6, 6.07) is 6.22. The lowest BCUT2D eigenvalue weighted by Crippen LogP contribution is -2.31. The second-order valence-corrected chi connectivity index (χ2v) is 3.39. The van der Waals surface area contributed by atoms with Crippen molar-refractivity contribution in [3.05, 3.63) is 35.4 Å². The van der Waals surface area contributed by atoms with Crippen LogP contribution in [-0.2, 0) is 11.7 Å². The van der Waals surface area contributed by atoms with Crippen molar-refractivity contribution >= 4 is 0 Å². The predicted molar refractivity (Wildman–Crippen MR) is 48.6 cm³/mol. The van der Waals surface area contributed by atoms with Crippen LogP contribution in [0.4, 0.5) is 13.2 Å². The smallest absolute Gasteiger partial charge is 0.310 e. The van der Waals surface area contributed by atoms with Crippen LogP contribution in [0.25, 0.3) is 0 Å². The maximum Gasteiger partial charge on any atom is 0.416 e. The van der Waals surface area contributed by atoms with Crippen molar-refractivity contribution in [2.45, 2.75) is 18.6 Å². The maximum atomic E-state index is 12.3. The van der Waals surface area contributed by atoms with Crippen LogP contribution < -0.4 is 5.73 Å². The van der Waals surface area contributed by atoms with E-state index in [-0.39, 0.29) is 5.56 Å². The number of nitrogens with two attached hydrogens (primary N) is 1. The molecule has 0 saturated carbocycles. The number of halogens is 3. The van der Waals surface area contributed by atoms with Gasteiger partial charge in [-0.25, -0.2) is 0 Å². The van der Waals surface area contributed by atoms with Crippen LogP contribution in [0.1, 0.15) is 18.1 Å². The van der Waals surface area contributed by atoms with Gasteiger partial charge >= 0.3 is 6.18 Å². The zero-order valence-electron chi connectivity index (χ0n) is 7.97. The number of benzene rings is 1. The van der Waals surface area contributed by atoms with E-state index in [4.69, 9.17) is 11.0 Å². The molecule has 15 heavy (non-hydrogen) atoms. The summed E-state index contributed by atoms with van der Waals surface area (Å²) in [6.07, 6.45) is -4.42. The first-order valence-electron chi connectivity index (χ1n) is 4.15. The Bertz CT molecular complexity index is 402. The number of hydrogen-bond donors (Lipinski definition) is 1. The van der Waals surface area contributed by atoms with Crippen molar-refractivity contribution in [3.8, 4) is 6.07 Å². The quantitative estimate of drug-likeness (QED) is 0.780. The Labute approximate surface area is 85.1 Å². The van der Waals surface area contributed by atoms with E-state index < -0.39 is 17.3 Å². The normalized spacial score (nSPS) is 15.5. The first kappa shape index (κ1) is 11.5. The minimum Gasteiger partial charge on any atom is -0.310 e. The van der Waals surface area contributed by atoms with E-state index >= 15 is 0 Å². The molecular weight excluding hydrogens is 205 g/mol. The molecule has 0 saturated heterocycles. The van der Waals surface area contributed by atoms with Gasteiger partial charge in [-0.05, 0) is 24.6 Å².